The molecule has 0 bridgehead atoms. The standard InChI is InChI=1S/C11H12N4O3/c1-11(16)2-3-14(7-11)10-8(5-12)4-9(6-13-10)15(17)18/h4,6,16H,2-3,7H2,1H3. The maximum atomic E-state index is 10.6. The van der Waals surface area contributed by atoms with Gasteiger partial charge < -0.3 is 10.0 Å². The van der Waals surface area contributed by atoms with Gasteiger partial charge in [0.2, 0.25) is 0 Å². The van der Waals surface area contributed by atoms with Crippen LogP contribution in [0.5, 0.6) is 0 Å². The van der Waals surface area contributed by atoms with Gasteiger partial charge in [0.25, 0.3) is 5.69 Å². The minimum atomic E-state index is -0.809. The molecule has 0 aliphatic carbocycles. The summed E-state index contributed by atoms with van der Waals surface area (Å²) in [6.07, 6.45) is 1.71. The number of hydrogen-bond acceptors (Lipinski definition) is 6. The topological polar surface area (TPSA) is 103 Å². The summed E-state index contributed by atoms with van der Waals surface area (Å²) >= 11 is 0. The lowest BCUT2D eigenvalue weighted by atomic mass is 10.1. The Morgan fingerprint density at radius 2 is 2.44 bits per heavy atom. The predicted molar refractivity (Wildman–Crippen MR) is 63.1 cm³/mol. The van der Waals surface area contributed by atoms with Crippen molar-refractivity contribution in [3.8, 4) is 6.07 Å². The first-order valence-corrected chi connectivity index (χ1v) is 5.45. The quantitative estimate of drug-likeness (QED) is 0.614. The summed E-state index contributed by atoms with van der Waals surface area (Å²) in [5.41, 5.74) is -0.862. The van der Waals surface area contributed by atoms with E-state index in [0.717, 1.165) is 6.20 Å². The van der Waals surface area contributed by atoms with Gasteiger partial charge in [-0.25, -0.2) is 4.98 Å². The highest BCUT2D eigenvalue weighted by molar-refractivity contribution is 5.58. The van der Waals surface area contributed by atoms with Crippen molar-refractivity contribution in [3.05, 3.63) is 27.9 Å². The smallest absolute Gasteiger partial charge is 0.289 e. The SMILES string of the molecule is CC1(O)CCN(c2ncc([N+](=O)[O-])cc2C#N)C1. The van der Waals surface area contributed by atoms with E-state index in [1.807, 2.05) is 6.07 Å². The van der Waals surface area contributed by atoms with Gasteiger partial charge in [0, 0.05) is 19.2 Å². The van der Waals surface area contributed by atoms with Crippen LogP contribution in [0.2, 0.25) is 0 Å². The Morgan fingerprint density at radius 3 is 2.94 bits per heavy atom. The minimum absolute atomic E-state index is 0.155. The Balaban J connectivity index is 2.35. The molecule has 0 spiro atoms. The van der Waals surface area contributed by atoms with E-state index in [9.17, 15) is 15.2 Å². The number of aliphatic hydroxyl groups is 1. The Hall–Kier alpha value is -2.20. The van der Waals surface area contributed by atoms with Crippen LogP contribution in [0.4, 0.5) is 11.5 Å². The van der Waals surface area contributed by atoms with Crippen molar-refractivity contribution < 1.29 is 10.0 Å². The van der Waals surface area contributed by atoms with Crippen LogP contribution < -0.4 is 4.90 Å². The van der Waals surface area contributed by atoms with Crippen molar-refractivity contribution in [2.75, 3.05) is 18.0 Å². The second-order valence-corrected chi connectivity index (χ2v) is 4.60. The van der Waals surface area contributed by atoms with Crippen LogP contribution in [-0.4, -0.2) is 33.7 Å². The highest BCUT2D eigenvalue weighted by Crippen LogP contribution is 2.28. The van der Waals surface area contributed by atoms with Crippen LogP contribution in [0.1, 0.15) is 18.9 Å². The molecule has 0 aromatic carbocycles. The van der Waals surface area contributed by atoms with E-state index in [-0.39, 0.29) is 11.3 Å². The van der Waals surface area contributed by atoms with Gasteiger partial charge in [-0.3, -0.25) is 10.1 Å². The van der Waals surface area contributed by atoms with E-state index in [1.165, 1.54) is 6.07 Å². The number of aromatic nitrogens is 1. The molecular weight excluding hydrogens is 236 g/mol. The van der Waals surface area contributed by atoms with Gasteiger partial charge in [-0.05, 0) is 13.3 Å². The normalized spacial score (nSPS) is 22.8. The molecule has 1 atom stereocenters. The lowest BCUT2D eigenvalue weighted by Crippen LogP contribution is -2.30. The molecule has 2 rings (SSSR count). The molecule has 18 heavy (non-hydrogen) atoms. The predicted octanol–water partition coefficient (Wildman–Crippen LogP) is 0.823. The Bertz CT molecular complexity index is 536. The maximum absolute atomic E-state index is 10.6. The van der Waals surface area contributed by atoms with E-state index in [1.54, 1.807) is 11.8 Å². The molecule has 1 N–H and O–H groups in total. The summed E-state index contributed by atoms with van der Waals surface area (Å²) in [7, 11) is 0. The first-order valence-electron chi connectivity index (χ1n) is 5.45. The number of hydrogen-bond donors (Lipinski definition) is 1. The molecule has 2 heterocycles. The Labute approximate surface area is 103 Å². The first kappa shape index (κ1) is 12.3. The van der Waals surface area contributed by atoms with Gasteiger partial charge in [-0.1, -0.05) is 0 Å². The summed E-state index contributed by atoms with van der Waals surface area (Å²) in [5, 5.41) is 29.5. The molecule has 1 aliphatic heterocycles. The highest BCUT2D eigenvalue weighted by atomic mass is 16.6. The second-order valence-electron chi connectivity index (χ2n) is 4.60. The molecule has 0 saturated carbocycles. The molecule has 0 radical (unpaired) electrons. The zero-order chi connectivity index (χ0) is 13.3. The van der Waals surface area contributed by atoms with Gasteiger partial charge in [0.15, 0.2) is 0 Å². The van der Waals surface area contributed by atoms with E-state index in [2.05, 4.69) is 4.98 Å². The number of nitrogens with zero attached hydrogens (tertiary/aromatic N) is 4. The van der Waals surface area contributed by atoms with Gasteiger partial charge in [0.05, 0.1) is 10.5 Å². The van der Waals surface area contributed by atoms with Crippen molar-refractivity contribution >= 4 is 11.5 Å². The molecule has 1 aromatic heterocycles. The minimum Gasteiger partial charge on any atom is -0.388 e. The molecule has 1 aliphatic rings. The Morgan fingerprint density at radius 1 is 1.72 bits per heavy atom. The monoisotopic (exact) mass is 248 g/mol. The van der Waals surface area contributed by atoms with Gasteiger partial charge in [-0.15, -0.1) is 0 Å². The molecule has 94 valence electrons. The average molecular weight is 248 g/mol. The van der Waals surface area contributed by atoms with Gasteiger partial charge >= 0.3 is 0 Å². The molecule has 7 heteroatoms. The molecular formula is C11H12N4O3. The van der Waals surface area contributed by atoms with Crippen LogP contribution in [0.15, 0.2) is 12.3 Å². The van der Waals surface area contributed by atoms with Gasteiger partial charge in [-0.2, -0.15) is 5.26 Å². The number of pyridine rings is 1. The van der Waals surface area contributed by atoms with Crippen LogP contribution >= 0.6 is 0 Å². The summed E-state index contributed by atoms with van der Waals surface area (Å²) in [5.74, 6) is 0.390. The van der Waals surface area contributed by atoms with Crippen molar-refractivity contribution in [3.63, 3.8) is 0 Å². The van der Waals surface area contributed by atoms with Gasteiger partial charge in [0.1, 0.15) is 23.6 Å². The number of nitro groups is 1. The lowest BCUT2D eigenvalue weighted by Gasteiger charge is -2.20. The van der Waals surface area contributed by atoms with E-state index >= 15 is 0 Å². The molecule has 1 aromatic rings. The zero-order valence-corrected chi connectivity index (χ0v) is 9.83. The van der Waals surface area contributed by atoms with Crippen LogP contribution in [-0.2, 0) is 0 Å². The fourth-order valence-corrected chi connectivity index (χ4v) is 2.01. The summed E-state index contributed by atoms with van der Waals surface area (Å²) in [4.78, 5) is 15.8. The summed E-state index contributed by atoms with van der Waals surface area (Å²) in [6.45, 7) is 2.66. The van der Waals surface area contributed by atoms with Crippen molar-refractivity contribution in [2.24, 2.45) is 0 Å². The maximum Gasteiger partial charge on any atom is 0.289 e. The number of nitriles is 1. The van der Waals surface area contributed by atoms with Crippen LogP contribution in [0.25, 0.3) is 0 Å². The number of rotatable bonds is 2. The third-order valence-electron chi connectivity index (χ3n) is 2.93. The summed E-state index contributed by atoms with van der Waals surface area (Å²) in [6, 6.07) is 3.11. The third-order valence-corrected chi connectivity index (χ3v) is 2.93. The molecule has 1 saturated heterocycles. The van der Waals surface area contributed by atoms with Crippen LogP contribution in [0.3, 0.4) is 0 Å². The molecule has 1 fully saturated rings. The van der Waals surface area contributed by atoms with Crippen molar-refractivity contribution in [2.45, 2.75) is 18.9 Å². The molecule has 0 amide bonds. The van der Waals surface area contributed by atoms with Crippen molar-refractivity contribution in [1.29, 1.82) is 5.26 Å². The van der Waals surface area contributed by atoms with E-state index in [0.29, 0.717) is 25.3 Å². The summed E-state index contributed by atoms with van der Waals surface area (Å²) < 4.78 is 0. The number of β-amino-alcohol motifs (C(OH)–C–C–N with tert-alkyl or cyclic N) is 1. The number of anilines is 1. The lowest BCUT2D eigenvalue weighted by molar-refractivity contribution is -0.385. The zero-order valence-electron chi connectivity index (χ0n) is 9.83. The average Bonchev–Trinajstić information content (AvgIpc) is 2.68. The van der Waals surface area contributed by atoms with Crippen molar-refractivity contribution in [1.82, 2.24) is 4.98 Å². The Kier molecular flexibility index (Phi) is 2.88. The highest BCUT2D eigenvalue weighted by Gasteiger charge is 2.33. The largest absolute Gasteiger partial charge is 0.388 e. The fraction of sp³-hybridized carbons (Fsp3) is 0.455. The molecule has 7 nitrogen and oxygen atoms in total. The first-order chi connectivity index (χ1) is 8.43. The van der Waals surface area contributed by atoms with Crippen LogP contribution in [0, 0.1) is 21.4 Å². The second kappa shape index (κ2) is 4.23. The van der Waals surface area contributed by atoms with E-state index in [4.69, 9.17) is 5.26 Å². The van der Waals surface area contributed by atoms with E-state index < -0.39 is 10.5 Å². The molecule has 1 unspecified atom stereocenters. The third kappa shape index (κ3) is 2.24. The fourth-order valence-electron chi connectivity index (χ4n) is 2.01.